The van der Waals surface area contributed by atoms with Crippen molar-refractivity contribution >= 4 is 12.4 Å². The fraction of sp³-hybridized carbons (Fsp3) is 1.00. The van der Waals surface area contributed by atoms with Gasteiger partial charge < -0.3 is 10.4 Å². The Morgan fingerprint density at radius 3 is 2.70 bits per heavy atom. The van der Waals surface area contributed by atoms with Gasteiger partial charge in [-0.05, 0) is 32.7 Å². The van der Waals surface area contributed by atoms with Crippen LogP contribution in [0.15, 0.2) is 0 Å². The molecule has 3 heteroatoms. The first-order chi connectivity index (χ1) is 4.29. The standard InChI is InChI=1S/C7H15NO.ClH/c1-6-2-3-7(9)4-5-8-6;/h6-9H,2-5H2,1H3;1H/t6-,7-;/m1./s1. The highest BCUT2D eigenvalue weighted by Gasteiger charge is 2.11. The van der Waals surface area contributed by atoms with Gasteiger partial charge in [-0.1, -0.05) is 0 Å². The molecule has 0 spiro atoms. The lowest BCUT2D eigenvalue weighted by molar-refractivity contribution is 0.160. The van der Waals surface area contributed by atoms with Crippen LogP contribution < -0.4 is 5.32 Å². The van der Waals surface area contributed by atoms with Gasteiger partial charge in [0.25, 0.3) is 0 Å². The third-order valence-corrected chi connectivity index (χ3v) is 1.90. The Labute approximate surface area is 68.4 Å². The van der Waals surface area contributed by atoms with E-state index in [9.17, 15) is 0 Å². The summed E-state index contributed by atoms with van der Waals surface area (Å²) in [5.41, 5.74) is 0. The van der Waals surface area contributed by atoms with E-state index < -0.39 is 0 Å². The summed E-state index contributed by atoms with van der Waals surface area (Å²) in [7, 11) is 0. The molecule has 0 saturated carbocycles. The van der Waals surface area contributed by atoms with E-state index >= 15 is 0 Å². The van der Waals surface area contributed by atoms with Gasteiger partial charge in [0.2, 0.25) is 0 Å². The second-order valence-electron chi connectivity index (χ2n) is 2.88. The summed E-state index contributed by atoms with van der Waals surface area (Å²) in [6, 6.07) is 0.599. The van der Waals surface area contributed by atoms with E-state index in [4.69, 9.17) is 5.11 Å². The van der Waals surface area contributed by atoms with E-state index in [1.807, 2.05) is 0 Å². The quantitative estimate of drug-likeness (QED) is 0.560. The number of rotatable bonds is 0. The SMILES string of the molecule is C[C@@H]1CC[C@@H](O)CCN1.Cl. The molecule has 0 radical (unpaired) electrons. The zero-order chi connectivity index (χ0) is 6.69. The molecule has 2 atom stereocenters. The lowest BCUT2D eigenvalue weighted by atomic mass is 10.1. The Morgan fingerprint density at radius 2 is 2.00 bits per heavy atom. The van der Waals surface area contributed by atoms with E-state index in [0.717, 1.165) is 25.8 Å². The van der Waals surface area contributed by atoms with Gasteiger partial charge in [0.1, 0.15) is 0 Å². The minimum absolute atomic E-state index is 0. The van der Waals surface area contributed by atoms with Crippen molar-refractivity contribution in [3.8, 4) is 0 Å². The highest BCUT2D eigenvalue weighted by Crippen LogP contribution is 2.07. The maximum absolute atomic E-state index is 9.17. The molecular weight excluding hydrogens is 150 g/mol. The molecule has 0 amide bonds. The van der Waals surface area contributed by atoms with Crippen LogP contribution >= 0.6 is 12.4 Å². The summed E-state index contributed by atoms with van der Waals surface area (Å²) in [4.78, 5) is 0. The first kappa shape index (κ1) is 10.2. The summed E-state index contributed by atoms with van der Waals surface area (Å²) >= 11 is 0. The van der Waals surface area contributed by atoms with Gasteiger partial charge in [-0.3, -0.25) is 0 Å². The molecule has 0 aliphatic carbocycles. The van der Waals surface area contributed by atoms with Crippen molar-refractivity contribution in [2.45, 2.75) is 38.3 Å². The summed E-state index contributed by atoms with van der Waals surface area (Å²) in [5, 5.41) is 12.5. The Kier molecular flexibility index (Phi) is 5.04. The molecule has 0 aromatic rings. The van der Waals surface area contributed by atoms with Crippen molar-refractivity contribution < 1.29 is 5.11 Å². The molecule has 1 aliphatic heterocycles. The molecule has 0 unspecified atom stereocenters. The molecule has 1 heterocycles. The topological polar surface area (TPSA) is 32.3 Å². The number of hydrogen-bond acceptors (Lipinski definition) is 2. The molecule has 10 heavy (non-hydrogen) atoms. The van der Waals surface area contributed by atoms with E-state index in [-0.39, 0.29) is 18.5 Å². The molecule has 1 rings (SSSR count). The minimum Gasteiger partial charge on any atom is -0.393 e. The highest BCUT2D eigenvalue weighted by atomic mass is 35.5. The molecule has 1 fully saturated rings. The maximum Gasteiger partial charge on any atom is 0.0553 e. The molecule has 2 N–H and O–H groups in total. The first-order valence-electron chi connectivity index (χ1n) is 3.70. The third-order valence-electron chi connectivity index (χ3n) is 1.90. The highest BCUT2D eigenvalue weighted by molar-refractivity contribution is 5.85. The van der Waals surface area contributed by atoms with Crippen LogP contribution in [-0.4, -0.2) is 23.8 Å². The van der Waals surface area contributed by atoms with Crippen LogP contribution in [0.25, 0.3) is 0 Å². The Bertz CT molecular complexity index is 79.7. The van der Waals surface area contributed by atoms with Gasteiger partial charge in [-0.2, -0.15) is 0 Å². The maximum atomic E-state index is 9.17. The van der Waals surface area contributed by atoms with Crippen LogP contribution in [0.3, 0.4) is 0 Å². The largest absolute Gasteiger partial charge is 0.393 e. The van der Waals surface area contributed by atoms with Gasteiger partial charge in [-0.25, -0.2) is 0 Å². The van der Waals surface area contributed by atoms with E-state index in [2.05, 4.69) is 12.2 Å². The van der Waals surface area contributed by atoms with Gasteiger partial charge in [0.15, 0.2) is 0 Å². The van der Waals surface area contributed by atoms with E-state index in [0.29, 0.717) is 6.04 Å². The Balaban J connectivity index is 0.000000810. The number of nitrogens with one attached hydrogen (secondary N) is 1. The minimum atomic E-state index is -0.0533. The number of aliphatic hydroxyl groups is 1. The van der Waals surface area contributed by atoms with Crippen LogP contribution in [0.4, 0.5) is 0 Å². The Hall–Kier alpha value is 0.210. The van der Waals surface area contributed by atoms with Crippen molar-refractivity contribution in [2.24, 2.45) is 0 Å². The van der Waals surface area contributed by atoms with Crippen LogP contribution in [0, 0.1) is 0 Å². The second kappa shape index (κ2) is 4.94. The lowest BCUT2D eigenvalue weighted by Crippen LogP contribution is -2.24. The van der Waals surface area contributed by atoms with Crippen LogP contribution in [-0.2, 0) is 0 Å². The molecule has 2 nitrogen and oxygen atoms in total. The molecule has 0 bridgehead atoms. The number of hydrogen-bond donors (Lipinski definition) is 2. The molecule has 1 saturated heterocycles. The summed E-state index contributed by atoms with van der Waals surface area (Å²) in [5.74, 6) is 0. The van der Waals surface area contributed by atoms with E-state index in [1.165, 1.54) is 0 Å². The molecular formula is C7H16ClNO. The average Bonchev–Trinajstić information content (AvgIpc) is 1.97. The van der Waals surface area contributed by atoms with Gasteiger partial charge in [0, 0.05) is 6.04 Å². The summed E-state index contributed by atoms with van der Waals surface area (Å²) < 4.78 is 0. The number of aliphatic hydroxyl groups excluding tert-OH is 1. The van der Waals surface area contributed by atoms with Crippen molar-refractivity contribution in [3.63, 3.8) is 0 Å². The normalized spacial score (nSPS) is 34.2. The Morgan fingerprint density at radius 1 is 1.30 bits per heavy atom. The fourth-order valence-electron chi connectivity index (χ4n) is 1.19. The van der Waals surface area contributed by atoms with E-state index in [1.54, 1.807) is 0 Å². The van der Waals surface area contributed by atoms with Crippen molar-refractivity contribution in [3.05, 3.63) is 0 Å². The average molecular weight is 166 g/mol. The van der Waals surface area contributed by atoms with Crippen molar-refractivity contribution in [2.75, 3.05) is 6.54 Å². The third kappa shape index (κ3) is 3.40. The zero-order valence-corrected chi connectivity index (χ0v) is 7.16. The first-order valence-corrected chi connectivity index (χ1v) is 3.70. The lowest BCUT2D eigenvalue weighted by Gasteiger charge is -2.06. The predicted molar refractivity (Wildman–Crippen MR) is 44.6 cm³/mol. The zero-order valence-electron chi connectivity index (χ0n) is 6.34. The molecule has 62 valence electrons. The fourth-order valence-corrected chi connectivity index (χ4v) is 1.19. The van der Waals surface area contributed by atoms with Crippen LogP contribution in [0.5, 0.6) is 0 Å². The van der Waals surface area contributed by atoms with Gasteiger partial charge in [-0.15, -0.1) is 12.4 Å². The molecule has 1 aliphatic rings. The smallest absolute Gasteiger partial charge is 0.0553 e. The summed E-state index contributed by atoms with van der Waals surface area (Å²) in [6.45, 7) is 3.14. The van der Waals surface area contributed by atoms with Gasteiger partial charge >= 0.3 is 0 Å². The van der Waals surface area contributed by atoms with Crippen molar-refractivity contribution in [1.82, 2.24) is 5.32 Å². The van der Waals surface area contributed by atoms with Crippen LogP contribution in [0.2, 0.25) is 0 Å². The monoisotopic (exact) mass is 165 g/mol. The van der Waals surface area contributed by atoms with Crippen LogP contribution in [0.1, 0.15) is 26.2 Å². The predicted octanol–water partition coefficient (Wildman–Crippen LogP) is 0.931. The van der Waals surface area contributed by atoms with Gasteiger partial charge in [0.05, 0.1) is 6.10 Å². The molecule has 0 aromatic carbocycles. The number of halogens is 1. The second-order valence-corrected chi connectivity index (χ2v) is 2.88. The summed E-state index contributed by atoms with van der Waals surface area (Å²) in [6.07, 6.45) is 2.95. The molecule has 0 aromatic heterocycles. The van der Waals surface area contributed by atoms with Crippen molar-refractivity contribution in [1.29, 1.82) is 0 Å².